The van der Waals surface area contributed by atoms with Crippen molar-refractivity contribution in [3.63, 3.8) is 0 Å². The molecule has 0 aliphatic heterocycles. The number of nitrogens with one attached hydrogen (secondary N) is 1. The van der Waals surface area contributed by atoms with Crippen molar-refractivity contribution >= 4 is 23.0 Å². The fourth-order valence-corrected chi connectivity index (χ4v) is 2.89. The quantitative estimate of drug-likeness (QED) is 0.369. The molecule has 0 aliphatic rings. The van der Waals surface area contributed by atoms with Gasteiger partial charge in [-0.05, 0) is 36.4 Å². The van der Waals surface area contributed by atoms with Crippen LogP contribution in [0.25, 0.3) is 22.2 Å². The maximum absolute atomic E-state index is 12.8. The summed E-state index contributed by atoms with van der Waals surface area (Å²) in [7, 11) is 0. The summed E-state index contributed by atoms with van der Waals surface area (Å²) >= 11 is 0. The molecule has 0 saturated carbocycles. The van der Waals surface area contributed by atoms with E-state index in [4.69, 9.17) is 0 Å². The van der Waals surface area contributed by atoms with Crippen LogP contribution in [-0.4, -0.2) is 32.3 Å². The number of pyridine rings is 2. The molecule has 0 saturated heterocycles. The normalized spacial score (nSPS) is 11.0. The first-order valence-corrected chi connectivity index (χ1v) is 8.77. The molecule has 0 radical (unpaired) electrons. The van der Waals surface area contributed by atoms with E-state index in [1.165, 1.54) is 24.4 Å². The number of aromatic nitrogens is 2. The summed E-state index contributed by atoms with van der Waals surface area (Å²) in [6.07, 6.45) is 4.66. The molecule has 4 rings (SSSR count). The number of hydrogen-bond acceptors (Lipinski definition) is 6. The summed E-state index contributed by atoms with van der Waals surface area (Å²) in [4.78, 5) is 21.5. The molecule has 142 valence electrons. The van der Waals surface area contributed by atoms with Gasteiger partial charge >= 0.3 is 0 Å². The molecule has 0 atom stereocenters. The minimum atomic E-state index is -0.414. The van der Waals surface area contributed by atoms with Gasteiger partial charge in [-0.15, -0.1) is 0 Å². The second kappa shape index (κ2) is 7.77. The van der Waals surface area contributed by atoms with Crippen LogP contribution in [0, 0.1) is 0 Å². The molecule has 7 nitrogen and oxygen atoms in total. The standard InChI is InChI=1S/C22H16N4O3/c27-16-8-7-15(21(28)10-16)13-24-26-22(29)18-11-20(14-4-3-9-23-12-14)25-19-6-2-1-5-17(18)19/h1-13,27-28H,(H,26,29)/b24-13+. The van der Waals surface area contributed by atoms with E-state index in [1.54, 1.807) is 24.5 Å². The Labute approximate surface area is 166 Å². The average molecular weight is 384 g/mol. The largest absolute Gasteiger partial charge is 0.508 e. The molecular weight excluding hydrogens is 368 g/mol. The Morgan fingerprint density at radius 1 is 1.03 bits per heavy atom. The van der Waals surface area contributed by atoms with Crippen LogP contribution in [0.4, 0.5) is 0 Å². The van der Waals surface area contributed by atoms with Crippen molar-refractivity contribution in [2.24, 2.45) is 5.10 Å². The van der Waals surface area contributed by atoms with Crippen LogP contribution in [0.5, 0.6) is 11.5 Å². The number of benzene rings is 2. The third-order valence-electron chi connectivity index (χ3n) is 4.30. The predicted octanol–water partition coefficient (Wildman–Crippen LogP) is 3.47. The number of phenols is 2. The van der Waals surface area contributed by atoms with Crippen LogP contribution in [0.1, 0.15) is 15.9 Å². The molecule has 2 heterocycles. The molecule has 2 aromatic carbocycles. The summed E-state index contributed by atoms with van der Waals surface area (Å²) in [5.41, 5.74) is 5.35. The van der Waals surface area contributed by atoms with Crippen molar-refractivity contribution in [3.05, 3.63) is 84.2 Å². The third-order valence-corrected chi connectivity index (χ3v) is 4.30. The molecule has 0 unspecified atom stereocenters. The molecule has 0 fully saturated rings. The minimum absolute atomic E-state index is 0.0603. The molecule has 1 amide bonds. The van der Waals surface area contributed by atoms with E-state index < -0.39 is 5.91 Å². The number of hydrogen-bond donors (Lipinski definition) is 3. The van der Waals surface area contributed by atoms with Crippen molar-refractivity contribution in [2.75, 3.05) is 0 Å². The Morgan fingerprint density at radius 2 is 1.90 bits per heavy atom. The van der Waals surface area contributed by atoms with E-state index in [9.17, 15) is 15.0 Å². The molecule has 29 heavy (non-hydrogen) atoms. The zero-order valence-corrected chi connectivity index (χ0v) is 15.1. The topological polar surface area (TPSA) is 108 Å². The van der Waals surface area contributed by atoms with Gasteiger partial charge in [0.15, 0.2) is 0 Å². The van der Waals surface area contributed by atoms with Gasteiger partial charge in [0.05, 0.1) is 23.0 Å². The van der Waals surface area contributed by atoms with E-state index in [-0.39, 0.29) is 11.5 Å². The summed E-state index contributed by atoms with van der Waals surface area (Å²) in [6, 6.07) is 16.8. The SMILES string of the molecule is O=C(N/N=C/c1ccc(O)cc1O)c1cc(-c2cccnc2)nc2ccccc12. The third kappa shape index (κ3) is 3.89. The van der Waals surface area contributed by atoms with E-state index in [0.717, 1.165) is 5.56 Å². The van der Waals surface area contributed by atoms with Crippen molar-refractivity contribution in [3.8, 4) is 22.8 Å². The predicted molar refractivity (Wildman–Crippen MR) is 110 cm³/mol. The monoisotopic (exact) mass is 384 g/mol. The number of fused-ring (bicyclic) bond motifs is 1. The van der Waals surface area contributed by atoms with Crippen LogP contribution in [0.15, 0.2) is 78.2 Å². The number of hydrazone groups is 1. The van der Waals surface area contributed by atoms with Gasteiger partial charge in [-0.1, -0.05) is 18.2 Å². The first-order valence-electron chi connectivity index (χ1n) is 8.77. The lowest BCUT2D eigenvalue weighted by Gasteiger charge is -2.08. The van der Waals surface area contributed by atoms with Crippen molar-refractivity contribution < 1.29 is 15.0 Å². The summed E-state index contributed by atoms with van der Waals surface area (Å²) in [5.74, 6) is -0.616. The van der Waals surface area contributed by atoms with Gasteiger partial charge in [-0.2, -0.15) is 5.10 Å². The number of aromatic hydroxyl groups is 2. The first kappa shape index (κ1) is 18.1. The Hall–Kier alpha value is -4.26. The van der Waals surface area contributed by atoms with Crippen molar-refractivity contribution in [1.29, 1.82) is 0 Å². The number of rotatable bonds is 4. The fourth-order valence-electron chi connectivity index (χ4n) is 2.89. The van der Waals surface area contributed by atoms with E-state index in [2.05, 4.69) is 20.5 Å². The van der Waals surface area contributed by atoms with Crippen LogP contribution >= 0.6 is 0 Å². The molecule has 0 bridgehead atoms. The minimum Gasteiger partial charge on any atom is -0.508 e. The number of phenolic OH excluding ortho intramolecular Hbond substituents is 2. The molecule has 3 N–H and O–H groups in total. The maximum atomic E-state index is 12.8. The number of carbonyl (C=O) groups excluding carboxylic acids is 1. The highest BCUT2D eigenvalue weighted by Crippen LogP contribution is 2.24. The van der Waals surface area contributed by atoms with Gasteiger partial charge in [0.25, 0.3) is 5.91 Å². The Morgan fingerprint density at radius 3 is 2.69 bits per heavy atom. The van der Waals surface area contributed by atoms with Gasteiger partial charge < -0.3 is 10.2 Å². The zero-order chi connectivity index (χ0) is 20.2. The second-order valence-corrected chi connectivity index (χ2v) is 6.26. The Bertz CT molecular complexity index is 1220. The number of nitrogens with zero attached hydrogens (tertiary/aromatic N) is 3. The molecule has 7 heteroatoms. The first-order chi connectivity index (χ1) is 14.1. The molecule has 2 aromatic heterocycles. The van der Waals surface area contributed by atoms with Gasteiger partial charge in [0.2, 0.25) is 0 Å². The van der Waals surface area contributed by atoms with Gasteiger partial charge in [0.1, 0.15) is 11.5 Å². The van der Waals surface area contributed by atoms with E-state index in [0.29, 0.717) is 27.7 Å². The number of amides is 1. The zero-order valence-electron chi connectivity index (χ0n) is 15.1. The highest BCUT2D eigenvalue weighted by atomic mass is 16.3. The summed E-state index contributed by atoms with van der Waals surface area (Å²) < 4.78 is 0. The summed E-state index contributed by atoms with van der Waals surface area (Å²) in [6.45, 7) is 0. The maximum Gasteiger partial charge on any atom is 0.272 e. The molecular formula is C22H16N4O3. The summed E-state index contributed by atoms with van der Waals surface area (Å²) in [5, 5.41) is 23.7. The number of para-hydroxylation sites is 1. The van der Waals surface area contributed by atoms with Gasteiger partial charge in [-0.3, -0.25) is 9.78 Å². The van der Waals surface area contributed by atoms with Crippen LogP contribution in [0.3, 0.4) is 0 Å². The van der Waals surface area contributed by atoms with Gasteiger partial charge in [-0.25, -0.2) is 10.4 Å². The lowest BCUT2D eigenvalue weighted by Crippen LogP contribution is -2.18. The Kier molecular flexibility index (Phi) is 4.86. The second-order valence-electron chi connectivity index (χ2n) is 6.26. The highest BCUT2D eigenvalue weighted by molar-refractivity contribution is 6.07. The average Bonchev–Trinajstić information content (AvgIpc) is 2.75. The molecule has 0 aliphatic carbocycles. The highest BCUT2D eigenvalue weighted by Gasteiger charge is 2.13. The van der Waals surface area contributed by atoms with Gasteiger partial charge in [0, 0.05) is 35.0 Å². The van der Waals surface area contributed by atoms with Crippen molar-refractivity contribution in [1.82, 2.24) is 15.4 Å². The smallest absolute Gasteiger partial charge is 0.272 e. The Balaban J connectivity index is 1.67. The van der Waals surface area contributed by atoms with Crippen LogP contribution in [-0.2, 0) is 0 Å². The molecule has 4 aromatic rings. The lowest BCUT2D eigenvalue weighted by molar-refractivity contribution is 0.0956. The van der Waals surface area contributed by atoms with Crippen molar-refractivity contribution in [2.45, 2.75) is 0 Å². The number of carbonyl (C=O) groups is 1. The van der Waals surface area contributed by atoms with E-state index >= 15 is 0 Å². The van der Waals surface area contributed by atoms with Crippen LogP contribution < -0.4 is 5.43 Å². The van der Waals surface area contributed by atoms with E-state index in [1.807, 2.05) is 30.3 Å². The van der Waals surface area contributed by atoms with Crippen LogP contribution in [0.2, 0.25) is 0 Å². The fraction of sp³-hybridized carbons (Fsp3) is 0. The lowest BCUT2D eigenvalue weighted by atomic mass is 10.0. The molecule has 0 spiro atoms.